The van der Waals surface area contributed by atoms with Gasteiger partial charge in [-0.2, -0.15) is 0 Å². The number of amides is 2. The molecule has 2 aromatic heterocycles. The number of anilines is 1. The Kier molecular flexibility index (Phi) is 5.25. The van der Waals surface area contributed by atoms with Gasteiger partial charge in [-0.15, -0.1) is 0 Å². The second-order valence-corrected chi connectivity index (χ2v) is 6.11. The van der Waals surface area contributed by atoms with Crippen molar-refractivity contribution in [3.63, 3.8) is 0 Å². The maximum atomic E-state index is 12.2. The molecular formula is C16H23N7O. The predicted octanol–water partition coefficient (Wildman–Crippen LogP) is 1.03. The van der Waals surface area contributed by atoms with Crippen LogP contribution in [0.5, 0.6) is 0 Å². The minimum atomic E-state index is -0.136. The third kappa shape index (κ3) is 4.43. The molecular weight excluding hydrogens is 306 g/mol. The van der Waals surface area contributed by atoms with Gasteiger partial charge in [0.2, 0.25) is 5.95 Å². The quantitative estimate of drug-likeness (QED) is 0.855. The van der Waals surface area contributed by atoms with Crippen LogP contribution in [0.25, 0.3) is 0 Å². The van der Waals surface area contributed by atoms with Gasteiger partial charge in [-0.25, -0.2) is 19.7 Å². The lowest BCUT2D eigenvalue weighted by Crippen LogP contribution is -2.52. The van der Waals surface area contributed by atoms with Crippen molar-refractivity contribution in [2.75, 3.05) is 18.0 Å². The molecule has 2 N–H and O–H groups in total. The Balaban J connectivity index is 1.47. The number of imidazole rings is 1. The third-order valence-electron chi connectivity index (χ3n) is 4.01. The summed E-state index contributed by atoms with van der Waals surface area (Å²) >= 11 is 0. The highest BCUT2D eigenvalue weighted by Crippen LogP contribution is 2.15. The first kappa shape index (κ1) is 16.2. The maximum absolute atomic E-state index is 12.2. The summed E-state index contributed by atoms with van der Waals surface area (Å²) in [5, 5.41) is 6.03. The monoisotopic (exact) mass is 329 g/mol. The molecule has 3 heterocycles. The number of rotatable bonds is 5. The molecule has 128 valence electrons. The molecule has 0 saturated carbocycles. The number of aromatic nitrogens is 4. The Morgan fingerprint density at radius 2 is 2.21 bits per heavy atom. The molecule has 24 heavy (non-hydrogen) atoms. The van der Waals surface area contributed by atoms with E-state index in [1.807, 2.05) is 17.7 Å². The van der Waals surface area contributed by atoms with Crippen LogP contribution in [0.4, 0.5) is 10.7 Å². The molecule has 0 bridgehead atoms. The number of piperidine rings is 1. The smallest absolute Gasteiger partial charge is 0.315 e. The average molecular weight is 329 g/mol. The fourth-order valence-corrected chi connectivity index (χ4v) is 2.94. The number of nitrogens with zero attached hydrogens (tertiary/aromatic N) is 5. The standard InChI is InChI=1S/C16H23N7O/c1-13(10-22-9-7-17-12-22)20-16(24)21-14-4-2-8-23(11-14)15-18-5-3-6-19-15/h3,5-7,9,12-14H,2,4,8,10-11H2,1H3,(H2,20,21,24)/t13-,14-/m1/s1. The van der Waals surface area contributed by atoms with Crippen LogP contribution in [0.3, 0.4) is 0 Å². The van der Waals surface area contributed by atoms with Gasteiger partial charge in [-0.05, 0) is 25.8 Å². The van der Waals surface area contributed by atoms with Gasteiger partial charge in [0.05, 0.1) is 6.33 Å². The Morgan fingerprint density at radius 3 is 2.96 bits per heavy atom. The molecule has 0 aromatic carbocycles. The lowest BCUT2D eigenvalue weighted by molar-refractivity contribution is 0.230. The molecule has 0 aliphatic carbocycles. The lowest BCUT2D eigenvalue weighted by atomic mass is 10.1. The van der Waals surface area contributed by atoms with E-state index in [0.717, 1.165) is 31.9 Å². The van der Waals surface area contributed by atoms with Crippen molar-refractivity contribution in [1.82, 2.24) is 30.2 Å². The molecule has 1 aliphatic heterocycles. The molecule has 0 unspecified atom stereocenters. The molecule has 1 fully saturated rings. The molecule has 2 atom stereocenters. The van der Waals surface area contributed by atoms with Crippen molar-refractivity contribution in [2.45, 2.75) is 38.4 Å². The van der Waals surface area contributed by atoms with Crippen molar-refractivity contribution >= 4 is 12.0 Å². The van der Waals surface area contributed by atoms with Crippen molar-refractivity contribution in [2.24, 2.45) is 0 Å². The van der Waals surface area contributed by atoms with E-state index in [9.17, 15) is 4.79 Å². The van der Waals surface area contributed by atoms with Crippen LogP contribution < -0.4 is 15.5 Å². The first-order valence-corrected chi connectivity index (χ1v) is 8.25. The van der Waals surface area contributed by atoms with Gasteiger partial charge in [0, 0.05) is 56.5 Å². The van der Waals surface area contributed by atoms with E-state index in [1.54, 1.807) is 31.0 Å². The van der Waals surface area contributed by atoms with Gasteiger partial charge in [0.1, 0.15) is 0 Å². The minimum absolute atomic E-state index is 0.0244. The predicted molar refractivity (Wildman–Crippen MR) is 90.6 cm³/mol. The second-order valence-electron chi connectivity index (χ2n) is 6.11. The Hall–Kier alpha value is -2.64. The highest BCUT2D eigenvalue weighted by atomic mass is 16.2. The lowest BCUT2D eigenvalue weighted by Gasteiger charge is -2.33. The summed E-state index contributed by atoms with van der Waals surface area (Å²) in [6, 6.07) is 1.79. The van der Waals surface area contributed by atoms with Crippen molar-refractivity contribution in [1.29, 1.82) is 0 Å². The van der Waals surface area contributed by atoms with Gasteiger partial charge < -0.3 is 20.1 Å². The van der Waals surface area contributed by atoms with Gasteiger partial charge in [-0.3, -0.25) is 0 Å². The molecule has 8 nitrogen and oxygen atoms in total. The normalized spacial score (nSPS) is 18.9. The number of hydrogen-bond acceptors (Lipinski definition) is 5. The van der Waals surface area contributed by atoms with Crippen LogP contribution in [0.2, 0.25) is 0 Å². The van der Waals surface area contributed by atoms with Gasteiger partial charge in [0.15, 0.2) is 0 Å². The van der Waals surface area contributed by atoms with Gasteiger partial charge in [-0.1, -0.05) is 0 Å². The van der Waals surface area contributed by atoms with E-state index in [1.165, 1.54) is 0 Å². The number of carbonyl (C=O) groups excluding carboxylic acids is 1. The topological polar surface area (TPSA) is 88.0 Å². The van der Waals surface area contributed by atoms with E-state index in [0.29, 0.717) is 6.54 Å². The Labute approximate surface area is 141 Å². The fraction of sp³-hybridized carbons (Fsp3) is 0.500. The molecule has 1 aliphatic rings. The highest BCUT2D eigenvalue weighted by Gasteiger charge is 2.23. The van der Waals surface area contributed by atoms with Crippen molar-refractivity contribution in [3.05, 3.63) is 37.2 Å². The van der Waals surface area contributed by atoms with E-state index >= 15 is 0 Å². The van der Waals surface area contributed by atoms with E-state index in [4.69, 9.17) is 0 Å². The minimum Gasteiger partial charge on any atom is -0.339 e. The number of urea groups is 1. The zero-order chi connectivity index (χ0) is 16.8. The Morgan fingerprint density at radius 1 is 1.38 bits per heavy atom. The van der Waals surface area contributed by atoms with Crippen LogP contribution in [0, 0.1) is 0 Å². The van der Waals surface area contributed by atoms with Crippen LogP contribution in [-0.2, 0) is 6.54 Å². The maximum Gasteiger partial charge on any atom is 0.315 e. The van der Waals surface area contributed by atoms with Crippen LogP contribution in [0.15, 0.2) is 37.2 Å². The summed E-state index contributed by atoms with van der Waals surface area (Å²) in [6.45, 7) is 4.32. The average Bonchev–Trinajstić information content (AvgIpc) is 3.08. The first-order chi connectivity index (χ1) is 11.7. The zero-order valence-electron chi connectivity index (χ0n) is 13.8. The van der Waals surface area contributed by atoms with Crippen LogP contribution in [0.1, 0.15) is 19.8 Å². The molecule has 8 heteroatoms. The van der Waals surface area contributed by atoms with Gasteiger partial charge in [0.25, 0.3) is 0 Å². The summed E-state index contributed by atoms with van der Waals surface area (Å²) in [6.07, 6.45) is 10.8. The summed E-state index contributed by atoms with van der Waals surface area (Å²) < 4.78 is 1.94. The van der Waals surface area contributed by atoms with E-state index in [2.05, 4.69) is 30.5 Å². The van der Waals surface area contributed by atoms with E-state index < -0.39 is 0 Å². The van der Waals surface area contributed by atoms with Crippen LogP contribution in [-0.4, -0.2) is 50.7 Å². The first-order valence-electron chi connectivity index (χ1n) is 8.25. The molecule has 1 saturated heterocycles. The number of carbonyl (C=O) groups is 1. The molecule has 0 spiro atoms. The third-order valence-corrected chi connectivity index (χ3v) is 4.01. The molecule has 0 radical (unpaired) electrons. The fourth-order valence-electron chi connectivity index (χ4n) is 2.94. The largest absolute Gasteiger partial charge is 0.339 e. The SMILES string of the molecule is C[C@H](Cn1ccnc1)NC(=O)N[C@@H]1CCCN(c2ncccn2)C1. The Bertz CT molecular complexity index is 631. The number of nitrogens with one attached hydrogen (secondary N) is 2. The number of hydrogen-bond donors (Lipinski definition) is 2. The second kappa shape index (κ2) is 7.76. The highest BCUT2D eigenvalue weighted by molar-refractivity contribution is 5.74. The molecule has 2 amide bonds. The summed E-state index contributed by atoms with van der Waals surface area (Å²) in [5.74, 6) is 0.720. The summed E-state index contributed by atoms with van der Waals surface area (Å²) in [5.41, 5.74) is 0. The molecule has 2 aromatic rings. The van der Waals surface area contributed by atoms with Gasteiger partial charge >= 0.3 is 6.03 Å². The van der Waals surface area contributed by atoms with Crippen LogP contribution >= 0.6 is 0 Å². The summed E-state index contributed by atoms with van der Waals surface area (Å²) in [7, 11) is 0. The van der Waals surface area contributed by atoms with Crippen molar-refractivity contribution < 1.29 is 4.79 Å². The van der Waals surface area contributed by atoms with E-state index in [-0.39, 0.29) is 18.1 Å². The van der Waals surface area contributed by atoms with Crippen molar-refractivity contribution in [3.8, 4) is 0 Å². The summed E-state index contributed by atoms with van der Waals surface area (Å²) in [4.78, 5) is 26.9. The zero-order valence-corrected chi connectivity index (χ0v) is 13.8. The molecule has 3 rings (SSSR count).